The van der Waals surface area contributed by atoms with E-state index in [0.29, 0.717) is 19.7 Å². The molecule has 20 heavy (non-hydrogen) atoms. The fourth-order valence-corrected chi connectivity index (χ4v) is 2.42. The van der Waals surface area contributed by atoms with Crippen molar-refractivity contribution in [3.63, 3.8) is 0 Å². The molecule has 0 saturated heterocycles. The van der Waals surface area contributed by atoms with Crippen molar-refractivity contribution in [3.8, 4) is 5.75 Å². The summed E-state index contributed by atoms with van der Waals surface area (Å²) in [5, 5.41) is 3.10. The first-order valence-corrected chi connectivity index (χ1v) is 6.93. The van der Waals surface area contributed by atoms with Crippen LogP contribution in [-0.2, 0) is 16.0 Å². The molecule has 0 fully saturated rings. The molecule has 1 aromatic rings. The summed E-state index contributed by atoms with van der Waals surface area (Å²) in [6.07, 6.45) is 1.98. The van der Waals surface area contributed by atoms with Crippen molar-refractivity contribution in [2.24, 2.45) is 0 Å². The van der Waals surface area contributed by atoms with Crippen LogP contribution in [-0.4, -0.2) is 46.4 Å². The molecule has 5 nitrogen and oxygen atoms in total. The van der Waals surface area contributed by atoms with Gasteiger partial charge in [-0.15, -0.1) is 0 Å². The minimum absolute atomic E-state index is 0.104. The van der Waals surface area contributed by atoms with Crippen LogP contribution in [0.1, 0.15) is 12.0 Å². The first-order valence-electron chi connectivity index (χ1n) is 6.93. The van der Waals surface area contributed by atoms with Gasteiger partial charge in [0.25, 0.3) is 0 Å². The normalized spacial score (nSPS) is 14.0. The molecule has 110 valence electrons. The summed E-state index contributed by atoms with van der Waals surface area (Å²) in [5.74, 6) is 0.948. The Balaban J connectivity index is 2.02. The lowest BCUT2D eigenvalue weighted by molar-refractivity contribution is -0.117. The summed E-state index contributed by atoms with van der Waals surface area (Å²) in [5.41, 5.74) is 2.19. The molecule has 1 aliphatic heterocycles. The molecule has 1 N–H and O–H groups in total. The van der Waals surface area contributed by atoms with Gasteiger partial charge in [-0.3, -0.25) is 4.79 Å². The summed E-state index contributed by atoms with van der Waals surface area (Å²) >= 11 is 0. The van der Waals surface area contributed by atoms with Gasteiger partial charge in [-0.25, -0.2) is 0 Å². The number of carbonyl (C=O) groups is 1. The highest BCUT2D eigenvalue weighted by atomic mass is 16.5. The highest BCUT2D eigenvalue weighted by Crippen LogP contribution is 2.30. The molecule has 0 unspecified atom stereocenters. The van der Waals surface area contributed by atoms with Crippen molar-refractivity contribution in [1.82, 2.24) is 5.32 Å². The summed E-state index contributed by atoms with van der Waals surface area (Å²) in [6.45, 7) is 2.42. The number of rotatable bonds is 6. The van der Waals surface area contributed by atoms with Crippen LogP contribution in [0.5, 0.6) is 5.75 Å². The maximum Gasteiger partial charge on any atom is 0.240 e. The van der Waals surface area contributed by atoms with E-state index in [4.69, 9.17) is 9.47 Å². The molecule has 0 spiro atoms. The molecule has 2 rings (SSSR count). The standard InChI is InChI=1S/C15H22N2O3/c1-19-9-7-16-11-15(18)17-8-3-4-12-10-13(20-2)5-6-14(12)17/h5-6,10,16H,3-4,7-9,11H2,1-2H3. The Bertz CT molecular complexity index is 462. The van der Waals surface area contributed by atoms with E-state index in [2.05, 4.69) is 5.32 Å². The van der Waals surface area contributed by atoms with E-state index in [1.165, 1.54) is 5.56 Å². The zero-order valence-corrected chi connectivity index (χ0v) is 12.1. The van der Waals surface area contributed by atoms with Gasteiger partial charge in [-0.05, 0) is 36.6 Å². The quantitative estimate of drug-likeness (QED) is 0.795. The summed E-state index contributed by atoms with van der Waals surface area (Å²) < 4.78 is 10.2. The number of aryl methyl sites for hydroxylation is 1. The van der Waals surface area contributed by atoms with Gasteiger partial charge in [0, 0.05) is 25.9 Å². The topological polar surface area (TPSA) is 50.8 Å². The summed E-state index contributed by atoms with van der Waals surface area (Å²) in [4.78, 5) is 14.1. The van der Waals surface area contributed by atoms with Gasteiger partial charge in [0.1, 0.15) is 5.75 Å². The fourth-order valence-electron chi connectivity index (χ4n) is 2.42. The first-order chi connectivity index (χ1) is 9.76. The zero-order chi connectivity index (χ0) is 14.4. The molecule has 1 amide bonds. The number of fused-ring (bicyclic) bond motifs is 1. The maximum absolute atomic E-state index is 12.3. The average Bonchev–Trinajstić information content (AvgIpc) is 2.50. The number of nitrogens with one attached hydrogen (secondary N) is 1. The molecule has 5 heteroatoms. The van der Waals surface area contributed by atoms with Crippen molar-refractivity contribution in [2.45, 2.75) is 12.8 Å². The van der Waals surface area contributed by atoms with Crippen LogP contribution in [0.15, 0.2) is 18.2 Å². The van der Waals surface area contributed by atoms with E-state index in [0.717, 1.165) is 30.8 Å². The molecule has 0 saturated carbocycles. The van der Waals surface area contributed by atoms with Gasteiger partial charge >= 0.3 is 0 Å². The Kier molecular flexibility index (Phi) is 5.38. The molecule has 0 atom stereocenters. The Hall–Kier alpha value is -1.59. The van der Waals surface area contributed by atoms with E-state index in [1.807, 2.05) is 23.1 Å². The van der Waals surface area contributed by atoms with Crippen LogP contribution in [0.4, 0.5) is 5.69 Å². The minimum Gasteiger partial charge on any atom is -0.497 e. The van der Waals surface area contributed by atoms with Gasteiger partial charge in [-0.2, -0.15) is 0 Å². The maximum atomic E-state index is 12.3. The average molecular weight is 278 g/mol. The number of carbonyl (C=O) groups excluding carboxylic acids is 1. The number of hydrogen-bond donors (Lipinski definition) is 1. The molecule has 0 aliphatic carbocycles. The van der Waals surface area contributed by atoms with Crippen LogP contribution < -0.4 is 15.0 Å². The lowest BCUT2D eigenvalue weighted by Gasteiger charge is -2.30. The van der Waals surface area contributed by atoms with Crippen molar-refractivity contribution in [3.05, 3.63) is 23.8 Å². The van der Waals surface area contributed by atoms with Gasteiger partial charge in [0.05, 0.1) is 20.3 Å². The van der Waals surface area contributed by atoms with Crippen molar-refractivity contribution >= 4 is 11.6 Å². The Morgan fingerprint density at radius 2 is 2.25 bits per heavy atom. The van der Waals surface area contributed by atoms with Crippen LogP contribution in [0, 0.1) is 0 Å². The predicted octanol–water partition coefficient (Wildman–Crippen LogP) is 1.21. The second-order valence-corrected chi connectivity index (χ2v) is 4.81. The number of hydrogen-bond acceptors (Lipinski definition) is 4. The van der Waals surface area contributed by atoms with Crippen LogP contribution in [0.2, 0.25) is 0 Å². The van der Waals surface area contributed by atoms with Gasteiger partial charge in [0.15, 0.2) is 0 Å². The lowest BCUT2D eigenvalue weighted by Crippen LogP contribution is -2.41. The number of anilines is 1. The van der Waals surface area contributed by atoms with Gasteiger partial charge in [0.2, 0.25) is 5.91 Å². The van der Waals surface area contributed by atoms with Crippen molar-refractivity contribution in [2.75, 3.05) is 45.4 Å². The smallest absolute Gasteiger partial charge is 0.240 e. The number of ether oxygens (including phenoxy) is 2. The molecular weight excluding hydrogens is 256 g/mol. The van der Waals surface area contributed by atoms with Crippen molar-refractivity contribution in [1.29, 1.82) is 0 Å². The Morgan fingerprint density at radius 3 is 3.00 bits per heavy atom. The highest BCUT2D eigenvalue weighted by Gasteiger charge is 2.22. The number of amides is 1. The van der Waals surface area contributed by atoms with E-state index < -0.39 is 0 Å². The Labute approximate surface area is 119 Å². The molecule has 0 bridgehead atoms. The third kappa shape index (κ3) is 3.49. The molecule has 1 heterocycles. The van der Waals surface area contributed by atoms with Crippen molar-refractivity contribution < 1.29 is 14.3 Å². The third-order valence-corrected chi connectivity index (χ3v) is 3.47. The minimum atomic E-state index is 0.104. The monoisotopic (exact) mass is 278 g/mol. The van der Waals surface area contributed by atoms with E-state index in [9.17, 15) is 4.79 Å². The number of methoxy groups -OCH3 is 2. The van der Waals surface area contributed by atoms with Gasteiger partial charge < -0.3 is 19.7 Å². The molecular formula is C15H22N2O3. The first kappa shape index (κ1) is 14.8. The summed E-state index contributed by atoms with van der Waals surface area (Å²) in [7, 11) is 3.31. The lowest BCUT2D eigenvalue weighted by atomic mass is 10.0. The predicted molar refractivity (Wildman–Crippen MR) is 78.4 cm³/mol. The largest absolute Gasteiger partial charge is 0.497 e. The van der Waals surface area contributed by atoms with E-state index >= 15 is 0 Å². The zero-order valence-electron chi connectivity index (χ0n) is 12.1. The second kappa shape index (κ2) is 7.26. The van der Waals surface area contributed by atoms with Crippen LogP contribution in [0.25, 0.3) is 0 Å². The number of benzene rings is 1. The Morgan fingerprint density at radius 1 is 1.40 bits per heavy atom. The van der Waals surface area contributed by atoms with Crippen LogP contribution >= 0.6 is 0 Å². The van der Waals surface area contributed by atoms with E-state index in [1.54, 1.807) is 14.2 Å². The SMILES string of the molecule is COCCNCC(=O)N1CCCc2cc(OC)ccc21. The summed E-state index contributed by atoms with van der Waals surface area (Å²) in [6, 6.07) is 5.90. The number of nitrogens with zero attached hydrogens (tertiary/aromatic N) is 1. The third-order valence-electron chi connectivity index (χ3n) is 3.47. The van der Waals surface area contributed by atoms with Crippen LogP contribution in [0.3, 0.4) is 0 Å². The van der Waals surface area contributed by atoms with Gasteiger partial charge in [-0.1, -0.05) is 0 Å². The highest BCUT2D eigenvalue weighted by molar-refractivity contribution is 5.96. The fraction of sp³-hybridized carbons (Fsp3) is 0.533. The molecule has 1 aliphatic rings. The molecule has 1 aromatic carbocycles. The second-order valence-electron chi connectivity index (χ2n) is 4.81. The molecule has 0 radical (unpaired) electrons. The molecule has 0 aromatic heterocycles. The van der Waals surface area contributed by atoms with E-state index in [-0.39, 0.29) is 5.91 Å².